The topological polar surface area (TPSA) is 90.6 Å². The Kier molecular flexibility index (Phi) is 6.94. The summed E-state index contributed by atoms with van der Waals surface area (Å²) in [7, 11) is 0. The Balaban J connectivity index is 2.32. The molecule has 0 aliphatic heterocycles. The fourth-order valence-corrected chi connectivity index (χ4v) is 2.48. The molecule has 1 heterocycles. The molecule has 6 nitrogen and oxygen atoms in total. The van der Waals surface area contributed by atoms with Crippen molar-refractivity contribution >= 4 is 23.4 Å². The monoisotopic (exact) mass is 388 g/mol. The van der Waals surface area contributed by atoms with Gasteiger partial charge in [-0.3, -0.25) is 4.99 Å². The lowest BCUT2D eigenvalue weighted by molar-refractivity contribution is -0.158. The molecule has 1 aromatic carbocycles. The van der Waals surface area contributed by atoms with Crippen molar-refractivity contribution in [3.05, 3.63) is 60.3 Å². The van der Waals surface area contributed by atoms with Crippen LogP contribution < -0.4 is 10.1 Å². The van der Waals surface area contributed by atoms with Crippen molar-refractivity contribution in [1.82, 2.24) is 4.98 Å². The summed E-state index contributed by atoms with van der Waals surface area (Å²) in [6.07, 6.45) is 0.432. The van der Waals surface area contributed by atoms with E-state index < -0.39 is 12.2 Å². The van der Waals surface area contributed by atoms with Gasteiger partial charge in [0.25, 0.3) is 0 Å². The number of aliphatic hydroxyl groups excluding tert-OH is 1. The Hall–Kier alpha value is -3.13. The van der Waals surface area contributed by atoms with Crippen LogP contribution in [0.25, 0.3) is 0 Å². The van der Waals surface area contributed by atoms with Crippen LogP contribution in [0.15, 0.2) is 54.2 Å². The smallest absolute Gasteiger partial charge is 0.394 e. The number of allylic oxidation sites excluding steroid dienone is 1. The third kappa shape index (κ3) is 5.95. The summed E-state index contributed by atoms with van der Waals surface area (Å²) in [5.74, 6) is 0.377. The Labute approximate surface area is 162 Å². The molecule has 1 atom stereocenters. The third-order valence-corrected chi connectivity index (χ3v) is 3.61. The van der Waals surface area contributed by atoms with Crippen LogP contribution in [0.2, 0.25) is 0 Å². The van der Waals surface area contributed by atoms with Crippen LogP contribution in [-0.4, -0.2) is 34.7 Å². The molecule has 2 aromatic rings. The van der Waals surface area contributed by atoms with Gasteiger partial charge in [0, 0.05) is 30.6 Å². The summed E-state index contributed by atoms with van der Waals surface area (Å²) >= 11 is 0. The molecule has 2 rings (SSSR count). The average Bonchev–Trinajstić information content (AvgIpc) is 2.62. The second-order valence-electron chi connectivity index (χ2n) is 6.06. The SMILES string of the molecule is C=CC=NCC(=N)c1c(C(C)O)ccnc1Nc1ccc(OC(C)(F)F)cc1. The number of hydrogen-bond donors (Lipinski definition) is 3. The Morgan fingerprint density at radius 1 is 1.39 bits per heavy atom. The molecule has 0 radical (unpaired) electrons. The molecule has 0 spiro atoms. The first-order valence-corrected chi connectivity index (χ1v) is 8.51. The van der Waals surface area contributed by atoms with Gasteiger partial charge in [0.1, 0.15) is 11.6 Å². The van der Waals surface area contributed by atoms with Gasteiger partial charge in [0.15, 0.2) is 0 Å². The first-order chi connectivity index (χ1) is 13.2. The van der Waals surface area contributed by atoms with E-state index in [9.17, 15) is 13.9 Å². The molecular formula is C20H22F2N4O2. The van der Waals surface area contributed by atoms with E-state index in [1.165, 1.54) is 30.6 Å². The summed E-state index contributed by atoms with van der Waals surface area (Å²) in [5, 5.41) is 21.5. The van der Waals surface area contributed by atoms with Gasteiger partial charge in [-0.15, -0.1) is 0 Å². The fourth-order valence-electron chi connectivity index (χ4n) is 2.48. The fraction of sp³-hybridized carbons (Fsp3) is 0.250. The maximum atomic E-state index is 12.9. The number of ether oxygens (including phenoxy) is 1. The highest BCUT2D eigenvalue weighted by Gasteiger charge is 2.23. The van der Waals surface area contributed by atoms with Crippen molar-refractivity contribution in [1.29, 1.82) is 5.41 Å². The molecule has 148 valence electrons. The normalized spacial score (nSPS) is 12.6. The van der Waals surface area contributed by atoms with E-state index in [0.717, 1.165) is 0 Å². The molecule has 28 heavy (non-hydrogen) atoms. The highest BCUT2D eigenvalue weighted by Crippen LogP contribution is 2.28. The van der Waals surface area contributed by atoms with Gasteiger partial charge in [-0.05, 0) is 42.8 Å². The van der Waals surface area contributed by atoms with Crippen molar-refractivity contribution in [2.75, 3.05) is 11.9 Å². The number of hydrogen-bond acceptors (Lipinski definition) is 6. The van der Waals surface area contributed by atoms with Gasteiger partial charge in [-0.1, -0.05) is 12.7 Å². The molecule has 0 saturated carbocycles. The zero-order chi connectivity index (χ0) is 20.7. The first kappa shape index (κ1) is 21.2. The number of nitrogens with zero attached hydrogens (tertiary/aromatic N) is 2. The zero-order valence-electron chi connectivity index (χ0n) is 15.6. The average molecular weight is 388 g/mol. The lowest BCUT2D eigenvalue weighted by atomic mass is 10.0. The predicted molar refractivity (Wildman–Crippen MR) is 106 cm³/mol. The Morgan fingerprint density at radius 3 is 2.64 bits per heavy atom. The minimum Gasteiger partial charge on any atom is -0.433 e. The molecule has 0 aliphatic rings. The van der Waals surface area contributed by atoms with Crippen LogP contribution in [0.4, 0.5) is 20.3 Å². The van der Waals surface area contributed by atoms with Crippen LogP contribution >= 0.6 is 0 Å². The van der Waals surface area contributed by atoms with E-state index in [2.05, 4.69) is 26.6 Å². The van der Waals surface area contributed by atoms with E-state index in [1.54, 1.807) is 25.1 Å². The maximum absolute atomic E-state index is 12.9. The van der Waals surface area contributed by atoms with Crippen LogP contribution in [0.1, 0.15) is 31.1 Å². The molecule has 0 bridgehead atoms. The third-order valence-electron chi connectivity index (χ3n) is 3.61. The van der Waals surface area contributed by atoms with E-state index in [1.807, 2.05) is 0 Å². The first-order valence-electron chi connectivity index (χ1n) is 8.51. The molecular weight excluding hydrogens is 366 g/mol. The highest BCUT2D eigenvalue weighted by atomic mass is 19.3. The lowest BCUT2D eigenvalue weighted by Crippen LogP contribution is -2.19. The minimum atomic E-state index is -3.27. The van der Waals surface area contributed by atoms with Crippen LogP contribution in [0.5, 0.6) is 5.75 Å². The van der Waals surface area contributed by atoms with Crippen LogP contribution in [-0.2, 0) is 0 Å². The molecule has 0 amide bonds. The second-order valence-corrected chi connectivity index (χ2v) is 6.06. The number of benzene rings is 1. The van der Waals surface area contributed by atoms with Gasteiger partial charge in [-0.2, -0.15) is 8.78 Å². The number of rotatable bonds is 9. The van der Waals surface area contributed by atoms with Crippen LogP contribution in [0.3, 0.4) is 0 Å². The van der Waals surface area contributed by atoms with Gasteiger partial charge < -0.3 is 20.6 Å². The summed E-state index contributed by atoms with van der Waals surface area (Å²) in [6.45, 7) is 5.89. The van der Waals surface area contributed by atoms with E-state index in [4.69, 9.17) is 5.41 Å². The number of alkyl halides is 2. The predicted octanol–water partition coefficient (Wildman–Crippen LogP) is 4.49. The molecule has 3 N–H and O–H groups in total. The summed E-state index contributed by atoms with van der Waals surface area (Å²) < 4.78 is 30.4. The van der Waals surface area contributed by atoms with Gasteiger partial charge >= 0.3 is 6.11 Å². The maximum Gasteiger partial charge on any atom is 0.394 e. The summed E-state index contributed by atoms with van der Waals surface area (Å²) in [5.41, 5.74) is 1.68. The van der Waals surface area contributed by atoms with Gasteiger partial charge in [0.05, 0.1) is 18.4 Å². The largest absolute Gasteiger partial charge is 0.433 e. The molecule has 1 unspecified atom stereocenters. The van der Waals surface area contributed by atoms with Crippen LogP contribution in [0, 0.1) is 5.41 Å². The molecule has 1 aromatic heterocycles. The zero-order valence-corrected chi connectivity index (χ0v) is 15.6. The number of halogens is 2. The lowest BCUT2D eigenvalue weighted by Gasteiger charge is -2.17. The summed E-state index contributed by atoms with van der Waals surface area (Å²) in [6, 6.07) is 7.55. The molecule has 0 aliphatic carbocycles. The molecule has 0 saturated heterocycles. The van der Waals surface area contributed by atoms with Crippen molar-refractivity contribution < 1.29 is 18.6 Å². The number of nitrogens with one attached hydrogen (secondary N) is 2. The second kappa shape index (κ2) is 9.18. The Bertz CT molecular complexity index is 859. The van der Waals surface area contributed by atoms with E-state index >= 15 is 0 Å². The van der Waals surface area contributed by atoms with E-state index in [0.29, 0.717) is 29.6 Å². The quantitative estimate of drug-likeness (QED) is 0.552. The standard InChI is InChI=1S/C20H22F2N4O2/c1-4-10-24-12-17(23)18-16(13(2)27)9-11-25-19(18)26-14-5-7-15(8-6-14)28-20(3,21)22/h4-11,13,23,27H,1,12H2,2-3H3,(H,25,26). The number of anilines is 2. The number of pyridine rings is 1. The van der Waals surface area contributed by atoms with Gasteiger partial charge in [0.2, 0.25) is 0 Å². The number of aliphatic imine (C=N–C) groups is 1. The molecule has 0 fully saturated rings. The highest BCUT2D eigenvalue weighted by molar-refractivity contribution is 6.06. The number of aromatic nitrogens is 1. The Morgan fingerprint density at radius 2 is 2.07 bits per heavy atom. The van der Waals surface area contributed by atoms with Crippen molar-refractivity contribution in [2.45, 2.75) is 26.1 Å². The summed E-state index contributed by atoms with van der Waals surface area (Å²) in [4.78, 5) is 8.33. The minimum absolute atomic E-state index is 0.0236. The van der Waals surface area contributed by atoms with Crippen molar-refractivity contribution in [2.24, 2.45) is 4.99 Å². The van der Waals surface area contributed by atoms with Crippen molar-refractivity contribution in [3.8, 4) is 5.75 Å². The number of aliphatic hydroxyl groups is 1. The van der Waals surface area contributed by atoms with Crippen molar-refractivity contribution in [3.63, 3.8) is 0 Å². The molecule has 8 heteroatoms. The van der Waals surface area contributed by atoms with E-state index in [-0.39, 0.29) is 18.0 Å². The van der Waals surface area contributed by atoms with Gasteiger partial charge in [-0.25, -0.2) is 4.98 Å².